The van der Waals surface area contributed by atoms with Gasteiger partial charge >= 0.3 is 0 Å². The molecule has 0 aromatic heterocycles. The number of halogens is 2. The van der Waals surface area contributed by atoms with Crippen LogP contribution in [0.15, 0.2) is 0 Å². The second-order valence-electron chi connectivity index (χ2n) is 4.13. The first-order valence-corrected chi connectivity index (χ1v) is 5.36. The summed E-state index contributed by atoms with van der Waals surface area (Å²) in [4.78, 5) is 13.9. The number of piperazine rings is 1. The molecular weight excluding hydrogens is 249 g/mol. The van der Waals surface area contributed by atoms with Gasteiger partial charge in [0.25, 0.3) is 0 Å². The summed E-state index contributed by atoms with van der Waals surface area (Å²) in [6, 6.07) is 0.229. The molecule has 98 valence electrons. The Kier molecular flexibility index (Phi) is 10.4. The Morgan fingerprint density at radius 1 is 1.19 bits per heavy atom. The molecule has 1 unspecified atom stereocenters. The van der Waals surface area contributed by atoms with Crippen molar-refractivity contribution < 1.29 is 4.79 Å². The number of hydrogen-bond donors (Lipinski definition) is 2. The van der Waals surface area contributed by atoms with Gasteiger partial charge in [0, 0.05) is 32.2 Å². The Balaban J connectivity index is 0. The molecule has 1 amide bonds. The minimum absolute atomic E-state index is 0. The topological polar surface area (TPSA) is 44.4 Å². The van der Waals surface area contributed by atoms with Crippen LogP contribution in [0.5, 0.6) is 0 Å². The van der Waals surface area contributed by atoms with Crippen LogP contribution in [0, 0.1) is 0 Å². The molecule has 1 aliphatic rings. The molecule has 1 saturated heterocycles. The molecule has 0 aromatic carbocycles. The smallest absolute Gasteiger partial charge is 0.237 e. The molecule has 0 bridgehead atoms. The summed E-state index contributed by atoms with van der Waals surface area (Å²) < 4.78 is 0. The monoisotopic (exact) mass is 271 g/mol. The van der Waals surface area contributed by atoms with Crippen LogP contribution in [0.3, 0.4) is 0 Å². The van der Waals surface area contributed by atoms with Crippen LogP contribution < -0.4 is 10.6 Å². The zero-order valence-electron chi connectivity index (χ0n) is 10.2. The lowest BCUT2D eigenvalue weighted by Crippen LogP contribution is -2.53. The van der Waals surface area contributed by atoms with Crippen molar-refractivity contribution in [2.24, 2.45) is 0 Å². The maximum absolute atomic E-state index is 11.7. The third-order valence-electron chi connectivity index (χ3n) is 2.51. The van der Waals surface area contributed by atoms with Gasteiger partial charge in [0.1, 0.15) is 0 Å². The number of nitrogens with zero attached hydrogens (tertiary/aromatic N) is 1. The molecular formula is C10H23Cl2N3O. The van der Waals surface area contributed by atoms with Gasteiger partial charge in [-0.2, -0.15) is 0 Å². The fourth-order valence-electron chi connectivity index (χ4n) is 1.64. The number of hydrogen-bond acceptors (Lipinski definition) is 3. The maximum atomic E-state index is 11.7. The minimum Gasteiger partial charge on any atom is -0.353 e. The first kappa shape index (κ1) is 18.3. The molecule has 1 fully saturated rings. The Morgan fingerprint density at radius 2 is 1.69 bits per heavy atom. The number of nitrogens with one attached hydrogen (secondary N) is 2. The average Bonchev–Trinajstić information content (AvgIpc) is 2.17. The van der Waals surface area contributed by atoms with Crippen LogP contribution in [0.1, 0.15) is 20.8 Å². The number of amides is 1. The van der Waals surface area contributed by atoms with E-state index in [1.54, 1.807) is 0 Å². The first-order valence-electron chi connectivity index (χ1n) is 5.36. The summed E-state index contributed by atoms with van der Waals surface area (Å²) >= 11 is 0. The average molecular weight is 272 g/mol. The van der Waals surface area contributed by atoms with E-state index in [2.05, 4.69) is 15.5 Å². The Bertz CT molecular complexity index is 197. The van der Waals surface area contributed by atoms with Crippen LogP contribution in [-0.2, 0) is 4.79 Å². The van der Waals surface area contributed by atoms with E-state index >= 15 is 0 Å². The van der Waals surface area contributed by atoms with Crippen molar-refractivity contribution in [2.45, 2.75) is 32.9 Å². The SMILES string of the molecule is CC(C)NC(=O)C(C)N1CCNCC1.Cl.Cl. The van der Waals surface area contributed by atoms with Gasteiger partial charge in [-0.05, 0) is 20.8 Å². The summed E-state index contributed by atoms with van der Waals surface area (Å²) in [6.07, 6.45) is 0. The summed E-state index contributed by atoms with van der Waals surface area (Å²) in [5.41, 5.74) is 0. The van der Waals surface area contributed by atoms with Gasteiger partial charge < -0.3 is 10.6 Å². The van der Waals surface area contributed by atoms with E-state index in [0.717, 1.165) is 26.2 Å². The van der Waals surface area contributed by atoms with Crippen molar-refractivity contribution in [3.05, 3.63) is 0 Å². The molecule has 0 aromatic rings. The van der Waals surface area contributed by atoms with Crippen molar-refractivity contribution in [2.75, 3.05) is 26.2 Å². The van der Waals surface area contributed by atoms with Gasteiger partial charge in [0.05, 0.1) is 6.04 Å². The van der Waals surface area contributed by atoms with Crippen LogP contribution >= 0.6 is 24.8 Å². The molecule has 16 heavy (non-hydrogen) atoms. The summed E-state index contributed by atoms with van der Waals surface area (Å²) in [6.45, 7) is 9.85. The van der Waals surface area contributed by atoms with Gasteiger partial charge in [0.2, 0.25) is 5.91 Å². The van der Waals surface area contributed by atoms with Gasteiger partial charge in [-0.15, -0.1) is 24.8 Å². The molecule has 1 rings (SSSR count). The molecule has 4 nitrogen and oxygen atoms in total. The lowest BCUT2D eigenvalue weighted by Gasteiger charge is -2.32. The maximum Gasteiger partial charge on any atom is 0.237 e. The lowest BCUT2D eigenvalue weighted by molar-refractivity contribution is -0.126. The normalized spacial score (nSPS) is 18.2. The largest absolute Gasteiger partial charge is 0.353 e. The highest BCUT2D eigenvalue weighted by atomic mass is 35.5. The zero-order chi connectivity index (χ0) is 10.6. The number of rotatable bonds is 3. The third kappa shape index (κ3) is 5.89. The molecule has 0 saturated carbocycles. The van der Waals surface area contributed by atoms with E-state index in [9.17, 15) is 4.79 Å². The molecule has 0 aliphatic carbocycles. The van der Waals surface area contributed by atoms with Gasteiger partial charge in [0.15, 0.2) is 0 Å². The minimum atomic E-state index is -0.000463. The van der Waals surface area contributed by atoms with E-state index in [4.69, 9.17) is 0 Å². The summed E-state index contributed by atoms with van der Waals surface area (Å²) in [5, 5.41) is 6.21. The van der Waals surface area contributed by atoms with Crippen LogP contribution in [0.4, 0.5) is 0 Å². The predicted molar refractivity (Wildman–Crippen MR) is 71.7 cm³/mol. The Morgan fingerprint density at radius 3 is 2.12 bits per heavy atom. The quantitative estimate of drug-likeness (QED) is 0.793. The highest BCUT2D eigenvalue weighted by Crippen LogP contribution is 2.01. The molecule has 6 heteroatoms. The van der Waals surface area contributed by atoms with Gasteiger partial charge in [-0.25, -0.2) is 0 Å². The van der Waals surface area contributed by atoms with Crippen LogP contribution in [0.2, 0.25) is 0 Å². The summed E-state index contributed by atoms with van der Waals surface area (Å²) in [5.74, 6) is 0.141. The van der Waals surface area contributed by atoms with E-state index in [-0.39, 0.29) is 42.8 Å². The second kappa shape index (κ2) is 9.05. The van der Waals surface area contributed by atoms with Crippen molar-refractivity contribution in [1.82, 2.24) is 15.5 Å². The molecule has 1 atom stereocenters. The Hall–Kier alpha value is -0.0300. The highest BCUT2D eigenvalue weighted by Gasteiger charge is 2.22. The fourth-order valence-corrected chi connectivity index (χ4v) is 1.64. The van der Waals surface area contributed by atoms with Crippen LogP contribution in [-0.4, -0.2) is 49.1 Å². The second-order valence-corrected chi connectivity index (χ2v) is 4.13. The fraction of sp³-hybridized carbons (Fsp3) is 0.900. The molecule has 0 spiro atoms. The van der Waals surface area contributed by atoms with Crippen molar-refractivity contribution in [1.29, 1.82) is 0 Å². The zero-order valence-corrected chi connectivity index (χ0v) is 11.8. The van der Waals surface area contributed by atoms with Gasteiger partial charge in [-0.3, -0.25) is 9.69 Å². The van der Waals surface area contributed by atoms with E-state index in [1.807, 2.05) is 20.8 Å². The van der Waals surface area contributed by atoms with E-state index in [1.165, 1.54) is 0 Å². The Labute approximate surface area is 110 Å². The molecule has 1 aliphatic heterocycles. The molecule has 2 N–H and O–H groups in total. The molecule has 0 radical (unpaired) electrons. The highest BCUT2D eigenvalue weighted by molar-refractivity contribution is 5.85. The van der Waals surface area contributed by atoms with Crippen molar-refractivity contribution in [3.8, 4) is 0 Å². The van der Waals surface area contributed by atoms with Crippen molar-refractivity contribution >= 4 is 30.7 Å². The predicted octanol–water partition coefficient (Wildman–Crippen LogP) is 0.648. The van der Waals surface area contributed by atoms with E-state index < -0.39 is 0 Å². The lowest BCUT2D eigenvalue weighted by atomic mass is 10.2. The summed E-state index contributed by atoms with van der Waals surface area (Å²) in [7, 11) is 0. The van der Waals surface area contributed by atoms with Crippen molar-refractivity contribution in [3.63, 3.8) is 0 Å². The third-order valence-corrected chi connectivity index (χ3v) is 2.51. The number of carbonyl (C=O) groups is 1. The number of carbonyl (C=O) groups excluding carboxylic acids is 1. The standard InChI is InChI=1S/C10H21N3O.2ClH/c1-8(2)12-10(14)9(3)13-6-4-11-5-7-13;;/h8-9,11H,4-7H2,1-3H3,(H,12,14);2*1H. The van der Waals surface area contributed by atoms with Crippen LogP contribution in [0.25, 0.3) is 0 Å². The van der Waals surface area contributed by atoms with Gasteiger partial charge in [-0.1, -0.05) is 0 Å². The molecule has 1 heterocycles. The van der Waals surface area contributed by atoms with E-state index in [0.29, 0.717) is 0 Å². The first-order chi connectivity index (χ1) is 6.61.